The van der Waals surface area contributed by atoms with Gasteiger partial charge in [0.05, 0.1) is 7.11 Å². The number of hydrogen-bond donors (Lipinski definition) is 0. The lowest BCUT2D eigenvalue weighted by Gasteiger charge is -2.31. The van der Waals surface area contributed by atoms with Crippen molar-refractivity contribution in [3.8, 4) is 16.3 Å². The first kappa shape index (κ1) is 18.7. The third kappa shape index (κ3) is 4.25. The minimum atomic E-state index is 0.0502. The second kappa shape index (κ2) is 8.57. The fourth-order valence-corrected chi connectivity index (χ4v) is 4.49. The maximum Gasteiger partial charge on any atom is 0.273 e. The Morgan fingerprint density at radius 3 is 2.50 bits per heavy atom. The molecule has 1 aliphatic heterocycles. The quantitative estimate of drug-likeness (QED) is 0.619. The zero-order chi connectivity index (χ0) is 19.3. The molecule has 1 saturated heterocycles. The van der Waals surface area contributed by atoms with Crippen LogP contribution >= 0.6 is 11.3 Å². The summed E-state index contributed by atoms with van der Waals surface area (Å²) < 4.78 is 5.20. The van der Waals surface area contributed by atoms with Crippen LogP contribution in [0.2, 0.25) is 0 Å². The SMILES string of the molecule is COc1ccc(-c2nc(C(=O)N3CCC(Cc4ccccc4)CC3)cs2)cc1. The van der Waals surface area contributed by atoms with E-state index in [0.29, 0.717) is 11.6 Å². The van der Waals surface area contributed by atoms with Crippen molar-refractivity contribution in [1.82, 2.24) is 9.88 Å². The van der Waals surface area contributed by atoms with Gasteiger partial charge in [0.25, 0.3) is 5.91 Å². The first-order valence-corrected chi connectivity index (χ1v) is 10.5. The minimum absolute atomic E-state index is 0.0502. The molecule has 28 heavy (non-hydrogen) atoms. The molecule has 0 radical (unpaired) electrons. The lowest BCUT2D eigenvalue weighted by atomic mass is 9.90. The van der Waals surface area contributed by atoms with Crippen LogP contribution in [-0.2, 0) is 6.42 Å². The molecular weight excluding hydrogens is 368 g/mol. The second-order valence-electron chi connectivity index (χ2n) is 7.19. The maximum absolute atomic E-state index is 12.9. The first-order valence-electron chi connectivity index (χ1n) is 9.66. The maximum atomic E-state index is 12.9. The van der Waals surface area contributed by atoms with Crippen LogP contribution in [0.3, 0.4) is 0 Å². The number of carbonyl (C=O) groups excluding carboxylic acids is 1. The number of amides is 1. The fourth-order valence-electron chi connectivity index (χ4n) is 3.69. The zero-order valence-corrected chi connectivity index (χ0v) is 16.8. The van der Waals surface area contributed by atoms with Crippen molar-refractivity contribution in [3.05, 3.63) is 71.2 Å². The topological polar surface area (TPSA) is 42.4 Å². The number of benzene rings is 2. The van der Waals surface area contributed by atoms with Gasteiger partial charge in [-0.3, -0.25) is 4.79 Å². The monoisotopic (exact) mass is 392 g/mol. The number of ether oxygens (including phenoxy) is 1. The van der Waals surface area contributed by atoms with E-state index < -0.39 is 0 Å². The van der Waals surface area contributed by atoms with Crippen molar-refractivity contribution < 1.29 is 9.53 Å². The van der Waals surface area contributed by atoms with E-state index in [2.05, 4.69) is 35.3 Å². The molecule has 0 N–H and O–H groups in total. The third-order valence-corrected chi connectivity index (χ3v) is 6.22. The number of aromatic nitrogens is 1. The Bertz CT molecular complexity index is 913. The van der Waals surface area contributed by atoms with Crippen LogP contribution in [-0.4, -0.2) is 36.0 Å². The molecule has 3 aromatic rings. The standard InChI is InChI=1S/C23H24N2O2S/c1-27-20-9-7-19(8-10-20)22-24-21(16-28-22)23(26)25-13-11-18(12-14-25)15-17-5-3-2-4-6-17/h2-10,16,18H,11-15H2,1H3. The molecule has 4 rings (SSSR count). The van der Waals surface area contributed by atoms with Crippen LogP contribution < -0.4 is 4.74 Å². The molecule has 0 saturated carbocycles. The van der Waals surface area contributed by atoms with Gasteiger partial charge in [-0.25, -0.2) is 4.98 Å². The average Bonchev–Trinajstić information content (AvgIpc) is 3.25. The van der Waals surface area contributed by atoms with Crippen LogP contribution in [0.1, 0.15) is 28.9 Å². The highest BCUT2D eigenvalue weighted by Crippen LogP contribution is 2.27. The number of hydrogen-bond acceptors (Lipinski definition) is 4. The van der Waals surface area contributed by atoms with E-state index in [-0.39, 0.29) is 5.91 Å². The molecule has 0 aliphatic carbocycles. The number of nitrogens with zero attached hydrogens (tertiary/aromatic N) is 2. The number of piperidine rings is 1. The van der Waals surface area contributed by atoms with E-state index in [4.69, 9.17) is 4.74 Å². The van der Waals surface area contributed by atoms with Gasteiger partial charge in [0.1, 0.15) is 16.5 Å². The predicted octanol–water partition coefficient (Wildman–Crippen LogP) is 4.91. The Hall–Kier alpha value is -2.66. The summed E-state index contributed by atoms with van der Waals surface area (Å²) >= 11 is 1.51. The molecule has 0 bridgehead atoms. The highest BCUT2D eigenvalue weighted by Gasteiger charge is 2.25. The van der Waals surface area contributed by atoms with E-state index in [1.54, 1.807) is 7.11 Å². The molecule has 4 nitrogen and oxygen atoms in total. The molecule has 1 aliphatic rings. The largest absolute Gasteiger partial charge is 0.497 e. The van der Waals surface area contributed by atoms with Gasteiger partial charge in [-0.1, -0.05) is 30.3 Å². The summed E-state index contributed by atoms with van der Waals surface area (Å²) in [6.07, 6.45) is 3.20. The summed E-state index contributed by atoms with van der Waals surface area (Å²) in [6, 6.07) is 18.4. The molecule has 2 heterocycles. The lowest BCUT2D eigenvalue weighted by molar-refractivity contribution is 0.0685. The average molecular weight is 393 g/mol. The Balaban J connectivity index is 1.36. The molecular formula is C23H24N2O2S. The molecule has 1 amide bonds. The van der Waals surface area contributed by atoms with Gasteiger partial charge in [-0.05, 0) is 55.0 Å². The molecule has 1 fully saturated rings. The van der Waals surface area contributed by atoms with Gasteiger partial charge in [0.2, 0.25) is 0 Å². The summed E-state index contributed by atoms with van der Waals surface area (Å²) in [5.74, 6) is 1.51. The summed E-state index contributed by atoms with van der Waals surface area (Å²) in [7, 11) is 1.65. The van der Waals surface area contributed by atoms with E-state index >= 15 is 0 Å². The molecule has 144 valence electrons. The minimum Gasteiger partial charge on any atom is -0.497 e. The molecule has 0 unspecified atom stereocenters. The van der Waals surface area contributed by atoms with Crippen LogP contribution in [0.4, 0.5) is 0 Å². The van der Waals surface area contributed by atoms with Crippen molar-refractivity contribution in [2.75, 3.05) is 20.2 Å². The van der Waals surface area contributed by atoms with Crippen molar-refractivity contribution in [2.24, 2.45) is 5.92 Å². The van der Waals surface area contributed by atoms with Crippen molar-refractivity contribution in [2.45, 2.75) is 19.3 Å². The number of likely N-dealkylation sites (tertiary alicyclic amines) is 1. The molecule has 2 aromatic carbocycles. The van der Waals surface area contributed by atoms with Crippen molar-refractivity contribution in [1.29, 1.82) is 0 Å². The predicted molar refractivity (Wildman–Crippen MR) is 113 cm³/mol. The normalized spacial score (nSPS) is 14.8. The van der Waals surface area contributed by atoms with Crippen LogP contribution in [0.15, 0.2) is 60.0 Å². The van der Waals surface area contributed by atoms with Crippen LogP contribution in [0.5, 0.6) is 5.75 Å². The molecule has 5 heteroatoms. The van der Waals surface area contributed by atoms with Gasteiger partial charge in [-0.2, -0.15) is 0 Å². The van der Waals surface area contributed by atoms with Crippen LogP contribution in [0.25, 0.3) is 10.6 Å². The lowest BCUT2D eigenvalue weighted by Crippen LogP contribution is -2.39. The van der Waals surface area contributed by atoms with Crippen molar-refractivity contribution in [3.63, 3.8) is 0 Å². The highest BCUT2D eigenvalue weighted by atomic mass is 32.1. The van der Waals surface area contributed by atoms with Gasteiger partial charge in [-0.15, -0.1) is 11.3 Å². The summed E-state index contributed by atoms with van der Waals surface area (Å²) in [6.45, 7) is 1.62. The Kier molecular flexibility index (Phi) is 5.72. The highest BCUT2D eigenvalue weighted by molar-refractivity contribution is 7.13. The Labute approximate surface area is 169 Å². The number of methoxy groups -OCH3 is 1. The van der Waals surface area contributed by atoms with E-state index in [0.717, 1.165) is 48.7 Å². The van der Waals surface area contributed by atoms with Crippen molar-refractivity contribution >= 4 is 17.2 Å². The fraction of sp³-hybridized carbons (Fsp3) is 0.304. The number of thiazole rings is 1. The zero-order valence-electron chi connectivity index (χ0n) is 16.0. The summed E-state index contributed by atoms with van der Waals surface area (Å²) in [5, 5.41) is 2.74. The summed E-state index contributed by atoms with van der Waals surface area (Å²) in [4.78, 5) is 19.4. The van der Waals surface area contributed by atoms with Gasteiger partial charge >= 0.3 is 0 Å². The second-order valence-corrected chi connectivity index (χ2v) is 8.05. The number of rotatable bonds is 5. The van der Waals surface area contributed by atoms with E-state index in [9.17, 15) is 4.79 Å². The van der Waals surface area contributed by atoms with E-state index in [1.807, 2.05) is 34.5 Å². The van der Waals surface area contributed by atoms with Gasteiger partial charge in [0.15, 0.2) is 0 Å². The number of carbonyl (C=O) groups is 1. The molecule has 0 spiro atoms. The van der Waals surface area contributed by atoms with E-state index in [1.165, 1.54) is 16.9 Å². The van der Waals surface area contributed by atoms with Crippen LogP contribution in [0, 0.1) is 5.92 Å². The summed E-state index contributed by atoms with van der Waals surface area (Å²) in [5.41, 5.74) is 2.94. The Morgan fingerprint density at radius 2 is 1.82 bits per heavy atom. The van der Waals surface area contributed by atoms with Gasteiger partial charge in [0, 0.05) is 24.0 Å². The van der Waals surface area contributed by atoms with Gasteiger partial charge < -0.3 is 9.64 Å². The first-order chi connectivity index (χ1) is 13.7. The smallest absolute Gasteiger partial charge is 0.273 e. The molecule has 1 aromatic heterocycles. The third-order valence-electron chi connectivity index (χ3n) is 5.33. The molecule has 0 atom stereocenters. The Morgan fingerprint density at radius 1 is 1.11 bits per heavy atom.